The van der Waals surface area contributed by atoms with E-state index in [9.17, 15) is 4.79 Å². The van der Waals surface area contributed by atoms with Gasteiger partial charge in [0.1, 0.15) is 18.1 Å². The van der Waals surface area contributed by atoms with Crippen molar-refractivity contribution in [1.29, 1.82) is 0 Å². The fourth-order valence-electron chi connectivity index (χ4n) is 2.34. The van der Waals surface area contributed by atoms with Crippen molar-refractivity contribution in [2.75, 3.05) is 0 Å². The van der Waals surface area contributed by atoms with Crippen molar-refractivity contribution in [3.8, 4) is 5.75 Å². The van der Waals surface area contributed by atoms with E-state index in [2.05, 4.69) is 10.4 Å². The fourth-order valence-corrected chi connectivity index (χ4v) is 2.52. The molecule has 3 rings (SSSR count). The summed E-state index contributed by atoms with van der Waals surface area (Å²) in [4.78, 5) is 12.2. The molecule has 25 heavy (non-hydrogen) atoms. The van der Waals surface area contributed by atoms with Gasteiger partial charge < -0.3 is 14.5 Å². The van der Waals surface area contributed by atoms with Gasteiger partial charge >= 0.3 is 0 Å². The Bertz CT molecular complexity index is 857. The zero-order valence-electron chi connectivity index (χ0n) is 13.7. The number of halogens is 1. The second kappa shape index (κ2) is 7.90. The summed E-state index contributed by atoms with van der Waals surface area (Å²) in [5.41, 5.74) is 0.937. The Kier molecular flexibility index (Phi) is 5.40. The Hall–Kier alpha value is -2.73. The molecule has 0 fully saturated rings. The number of rotatable bonds is 7. The second-order valence-corrected chi connectivity index (χ2v) is 5.77. The summed E-state index contributed by atoms with van der Waals surface area (Å²) in [5.74, 6) is 1.16. The van der Waals surface area contributed by atoms with Gasteiger partial charge in [-0.1, -0.05) is 17.7 Å². The minimum absolute atomic E-state index is 0.218. The van der Waals surface area contributed by atoms with E-state index in [4.69, 9.17) is 20.8 Å². The first-order valence-corrected chi connectivity index (χ1v) is 8.29. The zero-order chi connectivity index (χ0) is 17.6. The van der Waals surface area contributed by atoms with E-state index >= 15 is 0 Å². The Morgan fingerprint density at radius 3 is 3.00 bits per heavy atom. The van der Waals surface area contributed by atoms with Gasteiger partial charge in [-0.15, -0.1) is 0 Å². The number of benzene rings is 1. The number of aryl methyl sites for hydroxylation is 1. The standard InChI is InChI=1S/C18H18ClN3O3/c1-2-22-14(8-9-21-22)11-20-18(23)17-7-6-16(25-17)12-24-15-5-3-4-13(19)10-15/h3-10H,2,11-12H2,1H3,(H,20,23). The smallest absolute Gasteiger partial charge is 0.287 e. The quantitative estimate of drug-likeness (QED) is 0.699. The first-order valence-electron chi connectivity index (χ1n) is 7.91. The minimum atomic E-state index is -0.280. The highest BCUT2D eigenvalue weighted by Gasteiger charge is 2.12. The Labute approximate surface area is 150 Å². The first kappa shape index (κ1) is 17.1. The number of aromatic nitrogens is 2. The van der Waals surface area contributed by atoms with Crippen LogP contribution in [0.25, 0.3) is 0 Å². The Morgan fingerprint density at radius 2 is 2.20 bits per heavy atom. The largest absolute Gasteiger partial charge is 0.486 e. The molecule has 0 saturated carbocycles. The molecule has 3 aromatic rings. The molecule has 6 nitrogen and oxygen atoms in total. The highest BCUT2D eigenvalue weighted by Crippen LogP contribution is 2.19. The van der Waals surface area contributed by atoms with E-state index < -0.39 is 0 Å². The van der Waals surface area contributed by atoms with Crippen molar-refractivity contribution in [2.45, 2.75) is 26.6 Å². The lowest BCUT2D eigenvalue weighted by molar-refractivity contribution is 0.0918. The summed E-state index contributed by atoms with van der Waals surface area (Å²) in [7, 11) is 0. The van der Waals surface area contributed by atoms with E-state index in [1.807, 2.05) is 17.7 Å². The van der Waals surface area contributed by atoms with Crippen LogP contribution in [0.5, 0.6) is 5.75 Å². The third-order valence-electron chi connectivity index (χ3n) is 3.60. The monoisotopic (exact) mass is 359 g/mol. The maximum Gasteiger partial charge on any atom is 0.287 e. The van der Waals surface area contributed by atoms with Crippen LogP contribution in [-0.2, 0) is 19.7 Å². The van der Waals surface area contributed by atoms with E-state index in [0.29, 0.717) is 23.1 Å². The summed E-state index contributed by atoms with van der Waals surface area (Å²) in [6.07, 6.45) is 1.71. The number of hydrogen-bond donors (Lipinski definition) is 1. The summed E-state index contributed by atoms with van der Waals surface area (Å²) < 4.78 is 13.0. The number of ether oxygens (including phenoxy) is 1. The molecule has 0 aliphatic carbocycles. The predicted molar refractivity (Wildman–Crippen MR) is 93.6 cm³/mol. The van der Waals surface area contributed by atoms with Crippen molar-refractivity contribution < 1.29 is 13.9 Å². The third-order valence-corrected chi connectivity index (χ3v) is 3.83. The lowest BCUT2D eigenvalue weighted by atomic mass is 10.3. The van der Waals surface area contributed by atoms with Crippen LogP contribution in [-0.4, -0.2) is 15.7 Å². The van der Waals surface area contributed by atoms with E-state index in [1.165, 1.54) is 0 Å². The molecular weight excluding hydrogens is 342 g/mol. The van der Waals surface area contributed by atoms with Crippen LogP contribution in [0.15, 0.2) is 53.1 Å². The molecule has 7 heteroatoms. The summed E-state index contributed by atoms with van der Waals surface area (Å²) >= 11 is 5.91. The van der Waals surface area contributed by atoms with Gasteiger partial charge in [-0.25, -0.2) is 0 Å². The van der Waals surface area contributed by atoms with Gasteiger partial charge in [0.2, 0.25) is 0 Å². The molecule has 0 bridgehead atoms. The maximum absolute atomic E-state index is 12.2. The molecular formula is C18H18ClN3O3. The number of nitrogens with zero attached hydrogens (tertiary/aromatic N) is 2. The van der Waals surface area contributed by atoms with Crippen LogP contribution in [0.3, 0.4) is 0 Å². The van der Waals surface area contributed by atoms with Crippen molar-refractivity contribution in [3.05, 3.63) is 70.9 Å². The molecule has 130 valence electrons. The molecule has 2 aromatic heterocycles. The Morgan fingerprint density at radius 1 is 1.32 bits per heavy atom. The van der Waals surface area contributed by atoms with Gasteiger partial charge in [0.25, 0.3) is 5.91 Å². The van der Waals surface area contributed by atoms with Gasteiger partial charge in [0, 0.05) is 17.8 Å². The number of carbonyl (C=O) groups excluding carboxylic acids is 1. The topological polar surface area (TPSA) is 69.3 Å². The molecule has 0 aliphatic rings. The number of hydrogen-bond acceptors (Lipinski definition) is 4. The predicted octanol–water partition coefficient (Wildman–Crippen LogP) is 3.66. The maximum atomic E-state index is 12.2. The van der Waals surface area contributed by atoms with E-state index in [1.54, 1.807) is 42.6 Å². The van der Waals surface area contributed by atoms with Crippen molar-refractivity contribution >= 4 is 17.5 Å². The molecule has 1 amide bonds. The lowest BCUT2D eigenvalue weighted by Crippen LogP contribution is -2.23. The van der Waals surface area contributed by atoms with Gasteiger partial charge in [0.05, 0.1) is 12.2 Å². The normalized spacial score (nSPS) is 10.6. The van der Waals surface area contributed by atoms with E-state index in [0.717, 1.165) is 12.2 Å². The molecule has 0 radical (unpaired) electrons. The van der Waals surface area contributed by atoms with Crippen LogP contribution in [0.1, 0.15) is 28.9 Å². The van der Waals surface area contributed by atoms with Crippen LogP contribution < -0.4 is 10.1 Å². The molecule has 0 spiro atoms. The van der Waals surface area contributed by atoms with Crippen molar-refractivity contribution in [1.82, 2.24) is 15.1 Å². The van der Waals surface area contributed by atoms with Crippen LogP contribution in [0.4, 0.5) is 0 Å². The SMILES string of the molecule is CCn1nccc1CNC(=O)c1ccc(COc2cccc(Cl)c2)o1. The van der Waals surface area contributed by atoms with E-state index in [-0.39, 0.29) is 18.3 Å². The van der Waals surface area contributed by atoms with Gasteiger partial charge in [-0.2, -0.15) is 5.10 Å². The molecule has 1 N–H and O–H groups in total. The van der Waals surface area contributed by atoms with Crippen molar-refractivity contribution in [3.63, 3.8) is 0 Å². The molecule has 0 saturated heterocycles. The van der Waals surface area contributed by atoms with Crippen LogP contribution in [0.2, 0.25) is 5.02 Å². The number of carbonyl (C=O) groups is 1. The molecule has 1 aromatic carbocycles. The highest BCUT2D eigenvalue weighted by atomic mass is 35.5. The molecule has 0 unspecified atom stereocenters. The second-order valence-electron chi connectivity index (χ2n) is 5.33. The lowest BCUT2D eigenvalue weighted by Gasteiger charge is -2.06. The minimum Gasteiger partial charge on any atom is -0.486 e. The van der Waals surface area contributed by atoms with Gasteiger partial charge in [0.15, 0.2) is 5.76 Å². The first-order chi connectivity index (χ1) is 12.2. The highest BCUT2D eigenvalue weighted by molar-refractivity contribution is 6.30. The van der Waals surface area contributed by atoms with Crippen LogP contribution in [0, 0.1) is 0 Å². The number of amides is 1. The summed E-state index contributed by atoms with van der Waals surface area (Å²) in [6.45, 7) is 3.36. The molecule has 2 heterocycles. The average molecular weight is 360 g/mol. The summed E-state index contributed by atoms with van der Waals surface area (Å²) in [5, 5.41) is 7.58. The van der Waals surface area contributed by atoms with Crippen LogP contribution >= 0.6 is 11.6 Å². The zero-order valence-corrected chi connectivity index (χ0v) is 14.5. The average Bonchev–Trinajstić information content (AvgIpc) is 3.27. The number of nitrogens with one attached hydrogen (secondary N) is 1. The van der Waals surface area contributed by atoms with Gasteiger partial charge in [-0.3, -0.25) is 9.48 Å². The van der Waals surface area contributed by atoms with Gasteiger partial charge in [-0.05, 0) is 43.3 Å². The molecule has 0 atom stereocenters. The Balaban J connectivity index is 1.54. The molecule has 0 aliphatic heterocycles. The van der Waals surface area contributed by atoms with Crippen molar-refractivity contribution in [2.24, 2.45) is 0 Å². The number of furan rings is 1. The fraction of sp³-hybridized carbons (Fsp3) is 0.222. The third kappa shape index (κ3) is 4.42. The summed E-state index contributed by atoms with van der Waals surface area (Å²) in [6, 6.07) is 12.3.